The maximum Gasteiger partial charge on any atom is 0.181 e. The molecule has 1 saturated heterocycles. The number of nitrogens with zero attached hydrogens (tertiary/aromatic N) is 4. The molecule has 2 unspecified atom stereocenters. The Morgan fingerprint density at radius 2 is 1.91 bits per heavy atom. The smallest absolute Gasteiger partial charge is 0.181 e. The Balaban J connectivity index is 1.58. The summed E-state index contributed by atoms with van der Waals surface area (Å²) in [7, 11) is 0. The van der Waals surface area contributed by atoms with Crippen LogP contribution in [0.5, 0.6) is 0 Å². The molecule has 3 aromatic rings. The third-order valence-corrected chi connectivity index (χ3v) is 6.93. The molecule has 1 aliphatic carbocycles. The lowest BCUT2D eigenvalue weighted by atomic mass is 9.76. The number of nitrogen functional groups attached to an aromatic ring is 1. The van der Waals surface area contributed by atoms with Crippen LogP contribution in [0.4, 0.5) is 5.82 Å². The van der Waals surface area contributed by atoms with Gasteiger partial charge >= 0.3 is 0 Å². The van der Waals surface area contributed by atoms with Crippen LogP contribution >= 0.6 is 0 Å². The largest absolute Gasteiger partial charge is 0.394 e. The van der Waals surface area contributed by atoms with Crippen LogP contribution in [0.1, 0.15) is 31.2 Å². The average Bonchev–Trinajstić information content (AvgIpc) is 3.40. The molecule has 0 spiro atoms. The van der Waals surface area contributed by atoms with Gasteiger partial charge in [0.15, 0.2) is 17.2 Å². The molecule has 33 heavy (non-hydrogen) atoms. The van der Waals surface area contributed by atoms with Gasteiger partial charge in [0.25, 0.3) is 0 Å². The van der Waals surface area contributed by atoms with Crippen molar-refractivity contribution in [2.24, 2.45) is 5.92 Å². The Bertz CT molecular complexity index is 1100. The second-order valence-corrected chi connectivity index (χ2v) is 8.80. The van der Waals surface area contributed by atoms with Gasteiger partial charge in [0.1, 0.15) is 30.2 Å². The monoisotopic (exact) mass is 455 g/mol. The van der Waals surface area contributed by atoms with Gasteiger partial charge in [0.05, 0.1) is 25.6 Å². The summed E-state index contributed by atoms with van der Waals surface area (Å²) in [4.78, 5) is 12.7. The fourth-order valence-corrected chi connectivity index (χ4v) is 5.32. The lowest BCUT2D eigenvalue weighted by Gasteiger charge is -2.45. The summed E-state index contributed by atoms with van der Waals surface area (Å²) in [6.07, 6.45) is 2.36. The van der Waals surface area contributed by atoms with E-state index in [0.717, 1.165) is 24.8 Å². The Labute approximate surface area is 191 Å². The lowest BCUT2D eigenvalue weighted by Crippen LogP contribution is -2.55. The van der Waals surface area contributed by atoms with E-state index in [1.807, 2.05) is 30.3 Å². The summed E-state index contributed by atoms with van der Waals surface area (Å²) in [5.74, 6) is -0.120. The number of fused-ring (bicyclic) bond motifs is 1. The maximum absolute atomic E-state index is 11.4. The normalized spacial score (nSPS) is 32.4. The third-order valence-electron chi connectivity index (χ3n) is 6.93. The first-order valence-electron chi connectivity index (χ1n) is 11.3. The Hall–Kier alpha value is -2.63. The number of aliphatic hydroxyl groups excluding tert-OH is 3. The van der Waals surface area contributed by atoms with Crippen LogP contribution in [0, 0.1) is 5.92 Å². The summed E-state index contributed by atoms with van der Waals surface area (Å²) < 4.78 is 14.3. The number of hydrogen-bond acceptors (Lipinski definition) is 9. The molecule has 10 nitrogen and oxygen atoms in total. The number of nitrogens with two attached hydrogens (primary N) is 1. The number of aromatic nitrogens is 4. The molecule has 2 aromatic heterocycles. The van der Waals surface area contributed by atoms with E-state index >= 15 is 0 Å². The molecule has 2 fully saturated rings. The van der Waals surface area contributed by atoms with Crippen molar-refractivity contribution in [2.75, 3.05) is 12.3 Å². The van der Waals surface area contributed by atoms with Gasteiger partial charge in [-0.2, -0.15) is 0 Å². The van der Waals surface area contributed by atoms with Crippen molar-refractivity contribution >= 4 is 17.0 Å². The van der Waals surface area contributed by atoms with Crippen LogP contribution in [-0.4, -0.2) is 65.9 Å². The van der Waals surface area contributed by atoms with E-state index in [-0.39, 0.29) is 17.8 Å². The molecule has 1 aromatic carbocycles. The van der Waals surface area contributed by atoms with E-state index in [0.29, 0.717) is 24.2 Å². The second kappa shape index (κ2) is 8.96. The molecule has 1 saturated carbocycles. The first kappa shape index (κ1) is 22.2. The average molecular weight is 456 g/mol. The van der Waals surface area contributed by atoms with E-state index in [4.69, 9.17) is 15.2 Å². The number of aliphatic hydroxyl groups is 3. The maximum atomic E-state index is 11.4. The molecule has 0 radical (unpaired) electrons. The zero-order chi connectivity index (χ0) is 23.0. The Morgan fingerprint density at radius 1 is 1.12 bits per heavy atom. The number of anilines is 1. The zero-order valence-electron chi connectivity index (χ0n) is 18.2. The van der Waals surface area contributed by atoms with Crippen molar-refractivity contribution in [3.8, 4) is 0 Å². The highest BCUT2D eigenvalue weighted by Gasteiger charge is 2.61. The predicted octanol–water partition coefficient (Wildman–Crippen LogP) is 0.950. The SMILES string of the molecule is Nc1ncnc2c1ncn2[C@]1(C2CCCCC2OCc2ccccc2)O[C@H](CO)[C@@H](O)[C@H]1O. The van der Waals surface area contributed by atoms with E-state index < -0.39 is 30.6 Å². The molecule has 3 heterocycles. The molecule has 0 amide bonds. The highest BCUT2D eigenvalue weighted by atomic mass is 16.6. The van der Waals surface area contributed by atoms with Gasteiger partial charge < -0.3 is 30.5 Å². The second-order valence-electron chi connectivity index (χ2n) is 8.80. The molecule has 10 heteroatoms. The van der Waals surface area contributed by atoms with Gasteiger partial charge in [-0.25, -0.2) is 15.0 Å². The van der Waals surface area contributed by atoms with E-state index in [9.17, 15) is 15.3 Å². The summed E-state index contributed by atoms with van der Waals surface area (Å²) in [6.45, 7) is -0.0219. The molecule has 5 rings (SSSR count). The molecule has 2 aliphatic rings. The van der Waals surface area contributed by atoms with Gasteiger partial charge in [-0.15, -0.1) is 0 Å². The highest BCUT2D eigenvalue weighted by Crippen LogP contribution is 2.49. The molecular formula is C23H29N5O5. The molecule has 5 N–H and O–H groups in total. The van der Waals surface area contributed by atoms with E-state index in [2.05, 4.69) is 15.0 Å². The van der Waals surface area contributed by atoms with Crippen LogP contribution in [-0.2, 0) is 21.8 Å². The Kier molecular flexibility index (Phi) is 6.02. The van der Waals surface area contributed by atoms with E-state index in [1.54, 1.807) is 4.57 Å². The summed E-state index contributed by atoms with van der Waals surface area (Å²) >= 11 is 0. The third kappa shape index (κ3) is 3.68. The summed E-state index contributed by atoms with van der Waals surface area (Å²) in [5, 5.41) is 32.0. The minimum Gasteiger partial charge on any atom is -0.394 e. The molecule has 6 atom stereocenters. The lowest BCUT2D eigenvalue weighted by molar-refractivity contribution is -0.218. The number of rotatable bonds is 6. The molecule has 176 valence electrons. The first-order valence-corrected chi connectivity index (χ1v) is 11.3. The van der Waals surface area contributed by atoms with Crippen molar-refractivity contribution in [1.82, 2.24) is 19.5 Å². The number of imidazole rings is 1. The van der Waals surface area contributed by atoms with Crippen molar-refractivity contribution < 1.29 is 24.8 Å². The van der Waals surface area contributed by atoms with Gasteiger partial charge in [0, 0.05) is 5.92 Å². The number of ether oxygens (including phenoxy) is 2. The molecule has 0 bridgehead atoms. The van der Waals surface area contributed by atoms with Crippen molar-refractivity contribution in [1.29, 1.82) is 0 Å². The highest BCUT2D eigenvalue weighted by molar-refractivity contribution is 5.81. The van der Waals surface area contributed by atoms with Gasteiger partial charge in [0.2, 0.25) is 0 Å². The fraction of sp³-hybridized carbons (Fsp3) is 0.522. The van der Waals surface area contributed by atoms with Gasteiger partial charge in [-0.05, 0) is 18.4 Å². The van der Waals surface area contributed by atoms with Crippen molar-refractivity contribution in [3.63, 3.8) is 0 Å². The number of benzene rings is 1. The first-order chi connectivity index (χ1) is 16.1. The summed E-state index contributed by atoms with van der Waals surface area (Å²) in [6, 6.07) is 9.89. The van der Waals surface area contributed by atoms with Crippen molar-refractivity contribution in [2.45, 2.75) is 62.4 Å². The van der Waals surface area contributed by atoms with Crippen LogP contribution in [0.25, 0.3) is 11.2 Å². The predicted molar refractivity (Wildman–Crippen MR) is 119 cm³/mol. The van der Waals surface area contributed by atoms with Crippen LogP contribution in [0.2, 0.25) is 0 Å². The molecular weight excluding hydrogens is 426 g/mol. The summed E-state index contributed by atoms with van der Waals surface area (Å²) in [5.41, 5.74) is 6.38. The zero-order valence-corrected chi connectivity index (χ0v) is 18.2. The minimum absolute atomic E-state index is 0.209. The van der Waals surface area contributed by atoms with Crippen LogP contribution in [0.15, 0.2) is 43.0 Å². The van der Waals surface area contributed by atoms with Crippen LogP contribution < -0.4 is 5.73 Å². The van der Waals surface area contributed by atoms with Gasteiger partial charge in [-0.1, -0.05) is 43.2 Å². The quantitative estimate of drug-likeness (QED) is 0.426. The Morgan fingerprint density at radius 3 is 2.67 bits per heavy atom. The van der Waals surface area contributed by atoms with Crippen LogP contribution in [0.3, 0.4) is 0 Å². The van der Waals surface area contributed by atoms with E-state index in [1.165, 1.54) is 12.7 Å². The van der Waals surface area contributed by atoms with Crippen molar-refractivity contribution in [3.05, 3.63) is 48.5 Å². The molecule has 1 aliphatic heterocycles. The standard InChI is InChI=1S/C23H29N5O5/c24-21-18-22(26-12-25-21)28(13-27-18)23(20(31)19(30)17(10-29)33-23)15-8-4-5-9-16(15)32-11-14-6-2-1-3-7-14/h1-3,6-7,12-13,15-17,19-20,29-31H,4-5,8-11H2,(H2,24,25,26)/t15?,16?,17-,19-,20-,23-/m1/s1. The number of hydrogen-bond donors (Lipinski definition) is 4. The topological polar surface area (TPSA) is 149 Å². The minimum atomic E-state index is -1.44. The van der Waals surface area contributed by atoms with Gasteiger partial charge in [-0.3, -0.25) is 4.57 Å². The fourth-order valence-electron chi connectivity index (χ4n) is 5.32.